The van der Waals surface area contributed by atoms with Gasteiger partial charge in [-0.1, -0.05) is 0 Å². The van der Waals surface area contributed by atoms with E-state index in [4.69, 9.17) is 15.2 Å². The number of sulfonamides is 1. The third kappa shape index (κ3) is 2.98. The zero-order valence-electron chi connectivity index (χ0n) is 13.6. The minimum Gasteiger partial charge on any atom is -0.454 e. The molecule has 7 nitrogen and oxygen atoms in total. The molecule has 8 heteroatoms. The Labute approximate surface area is 146 Å². The minimum atomic E-state index is -3.49. The van der Waals surface area contributed by atoms with Crippen LogP contribution in [0.4, 0.5) is 11.4 Å². The molecule has 1 fully saturated rings. The van der Waals surface area contributed by atoms with Gasteiger partial charge in [0.1, 0.15) is 0 Å². The Hall–Kier alpha value is -2.45. The molecule has 1 saturated heterocycles. The standard InChI is InChI=1S/C17H19N3O4S/c18-13-1-4-15(5-2-13)25(21,22)20-9-7-19(8-10-20)14-3-6-16-17(11-14)24-12-23-16/h1-6,11H,7-10,12,18H2. The number of benzene rings is 2. The van der Waals surface area contributed by atoms with E-state index >= 15 is 0 Å². The Morgan fingerprint density at radius 3 is 2.28 bits per heavy atom. The summed E-state index contributed by atoms with van der Waals surface area (Å²) in [6.07, 6.45) is 0. The monoisotopic (exact) mass is 361 g/mol. The molecule has 4 rings (SSSR count). The number of nitrogens with two attached hydrogens (primary N) is 1. The summed E-state index contributed by atoms with van der Waals surface area (Å²) in [6.45, 7) is 2.34. The van der Waals surface area contributed by atoms with E-state index in [1.165, 1.54) is 4.31 Å². The van der Waals surface area contributed by atoms with Crippen LogP contribution in [0.3, 0.4) is 0 Å². The lowest BCUT2D eigenvalue weighted by Crippen LogP contribution is -2.48. The number of piperazine rings is 1. The lowest BCUT2D eigenvalue weighted by atomic mass is 10.2. The maximum absolute atomic E-state index is 12.7. The van der Waals surface area contributed by atoms with Crippen molar-refractivity contribution >= 4 is 21.4 Å². The third-order valence-corrected chi connectivity index (χ3v) is 6.39. The molecule has 2 aliphatic rings. The number of rotatable bonds is 3. The molecule has 0 aromatic heterocycles. The summed E-state index contributed by atoms with van der Waals surface area (Å²) in [7, 11) is -3.49. The van der Waals surface area contributed by atoms with Crippen molar-refractivity contribution < 1.29 is 17.9 Å². The van der Waals surface area contributed by atoms with Crippen molar-refractivity contribution in [1.29, 1.82) is 0 Å². The van der Waals surface area contributed by atoms with Crippen LogP contribution >= 0.6 is 0 Å². The first-order chi connectivity index (χ1) is 12.0. The minimum absolute atomic E-state index is 0.242. The van der Waals surface area contributed by atoms with Crippen LogP contribution in [-0.4, -0.2) is 45.7 Å². The fourth-order valence-corrected chi connectivity index (χ4v) is 4.48. The number of nitrogens with zero attached hydrogens (tertiary/aromatic N) is 2. The summed E-state index contributed by atoms with van der Waals surface area (Å²) in [6, 6.07) is 12.1. The van der Waals surface area contributed by atoms with Gasteiger partial charge in [0.25, 0.3) is 0 Å². The van der Waals surface area contributed by atoms with E-state index in [1.54, 1.807) is 24.3 Å². The van der Waals surface area contributed by atoms with Gasteiger partial charge >= 0.3 is 0 Å². The van der Waals surface area contributed by atoms with Crippen molar-refractivity contribution in [2.45, 2.75) is 4.90 Å². The third-order valence-electron chi connectivity index (χ3n) is 4.48. The second-order valence-corrected chi connectivity index (χ2v) is 7.94. The summed E-state index contributed by atoms with van der Waals surface area (Å²) < 4.78 is 37.7. The predicted molar refractivity (Wildman–Crippen MR) is 94.4 cm³/mol. The van der Waals surface area contributed by atoms with Crippen LogP contribution in [0.25, 0.3) is 0 Å². The number of nitrogen functional groups attached to an aromatic ring is 1. The summed E-state index contributed by atoms with van der Waals surface area (Å²) in [5, 5.41) is 0. The van der Waals surface area contributed by atoms with Gasteiger partial charge in [-0.05, 0) is 36.4 Å². The Kier molecular flexibility index (Phi) is 3.93. The van der Waals surface area contributed by atoms with Gasteiger partial charge < -0.3 is 20.1 Å². The van der Waals surface area contributed by atoms with Crippen LogP contribution in [0.15, 0.2) is 47.4 Å². The smallest absolute Gasteiger partial charge is 0.243 e. The fraction of sp³-hybridized carbons (Fsp3) is 0.294. The summed E-state index contributed by atoms with van der Waals surface area (Å²) in [5.74, 6) is 1.47. The molecule has 132 valence electrons. The van der Waals surface area contributed by atoms with Gasteiger partial charge in [0.2, 0.25) is 16.8 Å². The molecule has 2 heterocycles. The van der Waals surface area contributed by atoms with Crippen LogP contribution in [-0.2, 0) is 10.0 Å². The number of fused-ring (bicyclic) bond motifs is 1. The molecular weight excluding hydrogens is 342 g/mol. The van der Waals surface area contributed by atoms with E-state index in [0.29, 0.717) is 31.9 Å². The number of hydrogen-bond donors (Lipinski definition) is 1. The molecule has 2 aliphatic heterocycles. The maximum atomic E-state index is 12.7. The zero-order valence-corrected chi connectivity index (χ0v) is 14.4. The van der Waals surface area contributed by atoms with Crippen LogP contribution in [0, 0.1) is 0 Å². The second kappa shape index (κ2) is 6.12. The van der Waals surface area contributed by atoms with Gasteiger partial charge in [-0.2, -0.15) is 4.31 Å². The van der Waals surface area contributed by atoms with Crippen LogP contribution < -0.4 is 20.1 Å². The average molecular weight is 361 g/mol. The van der Waals surface area contributed by atoms with Crippen LogP contribution in [0.2, 0.25) is 0 Å². The Bertz CT molecular complexity index is 875. The molecule has 25 heavy (non-hydrogen) atoms. The average Bonchev–Trinajstić information content (AvgIpc) is 3.10. The first kappa shape index (κ1) is 16.0. The molecule has 0 saturated carbocycles. The highest BCUT2D eigenvalue weighted by Crippen LogP contribution is 2.35. The highest BCUT2D eigenvalue weighted by atomic mass is 32.2. The highest BCUT2D eigenvalue weighted by Gasteiger charge is 2.29. The van der Waals surface area contributed by atoms with Crippen molar-refractivity contribution in [3.05, 3.63) is 42.5 Å². The number of anilines is 2. The van der Waals surface area contributed by atoms with E-state index in [2.05, 4.69) is 4.90 Å². The van der Waals surface area contributed by atoms with Gasteiger partial charge in [0.15, 0.2) is 11.5 Å². The first-order valence-electron chi connectivity index (χ1n) is 8.04. The zero-order chi connectivity index (χ0) is 17.4. The van der Waals surface area contributed by atoms with Gasteiger partial charge in [-0.3, -0.25) is 0 Å². The van der Waals surface area contributed by atoms with Gasteiger partial charge in [-0.25, -0.2) is 8.42 Å². The van der Waals surface area contributed by atoms with Gasteiger partial charge in [-0.15, -0.1) is 0 Å². The van der Waals surface area contributed by atoms with Gasteiger partial charge in [0.05, 0.1) is 4.90 Å². The quantitative estimate of drug-likeness (QED) is 0.834. The lowest BCUT2D eigenvalue weighted by molar-refractivity contribution is 0.174. The summed E-state index contributed by atoms with van der Waals surface area (Å²) in [5.41, 5.74) is 7.19. The normalized spacial score (nSPS) is 17.7. The highest BCUT2D eigenvalue weighted by molar-refractivity contribution is 7.89. The van der Waals surface area contributed by atoms with E-state index in [9.17, 15) is 8.42 Å². The molecule has 0 bridgehead atoms. The molecule has 0 atom stereocenters. The SMILES string of the molecule is Nc1ccc(S(=O)(=O)N2CCN(c3ccc4c(c3)OCO4)CC2)cc1. The van der Waals surface area contributed by atoms with Gasteiger partial charge in [0, 0.05) is 43.6 Å². The van der Waals surface area contributed by atoms with Crippen molar-refractivity contribution in [1.82, 2.24) is 4.31 Å². The molecule has 2 aromatic rings. The van der Waals surface area contributed by atoms with Crippen molar-refractivity contribution in [2.24, 2.45) is 0 Å². The molecule has 0 amide bonds. The number of hydrogen-bond acceptors (Lipinski definition) is 6. The van der Waals surface area contributed by atoms with Crippen LogP contribution in [0.5, 0.6) is 11.5 Å². The molecule has 0 spiro atoms. The lowest BCUT2D eigenvalue weighted by Gasteiger charge is -2.35. The maximum Gasteiger partial charge on any atom is 0.243 e. The molecular formula is C17H19N3O4S. The summed E-state index contributed by atoms with van der Waals surface area (Å²) in [4.78, 5) is 2.43. The number of ether oxygens (including phenoxy) is 2. The topological polar surface area (TPSA) is 85.1 Å². The van der Waals surface area contributed by atoms with E-state index in [-0.39, 0.29) is 11.7 Å². The second-order valence-electron chi connectivity index (χ2n) is 6.00. The van der Waals surface area contributed by atoms with Crippen molar-refractivity contribution in [3.63, 3.8) is 0 Å². The van der Waals surface area contributed by atoms with Crippen LogP contribution in [0.1, 0.15) is 0 Å². The largest absolute Gasteiger partial charge is 0.454 e. The molecule has 0 radical (unpaired) electrons. The first-order valence-corrected chi connectivity index (χ1v) is 9.48. The Morgan fingerprint density at radius 2 is 1.56 bits per heavy atom. The van der Waals surface area contributed by atoms with Crippen molar-refractivity contribution in [2.75, 3.05) is 43.6 Å². The molecule has 0 unspecified atom stereocenters. The summed E-state index contributed by atoms with van der Waals surface area (Å²) >= 11 is 0. The Morgan fingerprint density at radius 1 is 0.880 bits per heavy atom. The molecule has 2 N–H and O–H groups in total. The van der Waals surface area contributed by atoms with E-state index in [1.807, 2.05) is 18.2 Å². The van der Waals surface area contributed by atoms with E-state index in [0.717, 1.165) is 17.2 Å². The van der Waals surface area contributed by atoms with E-state index < -0.39 is 10.0 Å². The van der Waals surface area contributed by atoms with Crippen molar-refractivity contribution in [3.8, 4) is 11.5 Å². The Balaban J connectivity index is 1.47. The molecule has 2 aromatic carbocycles. The fourth-order valence-electron chi connectivity index (χ4n) is 3.06. The predicted octanol–water partition coefficient (Wildman–Crippen LogP) is 1.51. The molecule has 0 aliphatic carbocycles.